The first-order valence-electron chi connectivity index (χ1n) is 7.43. The largest absolute Gasteiger partial charge is 0.384 e. The van der Waals surface area contributed by atoms with Crippen molar-refractivity contribution in [3.05, 3.63) is 71.3 Å². The van der Waals surface area contributed by atoms with Crippen molar-refractivity contribution in [1.29, 1.82) is 0 Å². The molecule has 1 fully saturated rings. The summed E-state index contributed by atoms with van der Waals surface area (Å²) >= 11 is 0. The predicted molar refractivity (Wildman–Crippen MR) is 81.6 cm³/mol. The molecule has 1 heterocycles. The molecule has 1 aliphatic heterocycles. The molecule has 0 spiro atoms. The quantitative estimate of drug-likeness (QED) is 0.920. The van der Waals surface area contributed by atoms with Crippen LogP contribution < -0.4 is 0 Å². The number of likely N-dealkylation sites (tertiary alicyclic amines) is 1. The van der Waals surface area contributed by atoms with Gasteiger partial charge in [-0.3, -0.25) is 0 Å². The third kappa shape index (κ3) is 2.53. The second-order valence-corrected chi connectivity index (χ2v) is 5.99. The zero-order chi connectivity index (χ0) is 15.7. The van der Waals surface area contributed by atoms with Crippen LogP contribution in [0.25, 0.3) is 0 Å². The van der Waals surface area contributed by atoms with Crippen molar-refractivity contribution in [2.75, 3.05) is 20.1 Å². The summed E-state index contributed by atoms with van der Waals surface area (Å²) in [7, 11) is 1.93. The van der Waals surface area contributed by atoms with E-state index >= 15 is 0 Å². The number of hydrogen-bond donors (Lipinski definition) is 1. The molecule has 116 valence electrons. The van der Waals surface area contributed by atoms with Crippen molar-refractivity contribution in [2.24, 2.45) is 0 Å². The summed E-state index contributed by atoms with van der Waals surface area (Å²) in [4.78, 5) is 2.03. The summed E-state index contributed by atoms with van der Waals surface area (Å²) in [5.41, 5.74) is -0.726. The molecule has 0 aliphatic carbocycles. The van der Waals surface area contributed by atoms with E-state index in [0.717, 1.165) is 0 Å². The van der Waals surface area contributed by atoms with E-state index in [1.807, 2.05) is 11.9 Å². The SMILES string of the molecule is CN1CC[C@@](O)(c2ccccc2F)[C@@H](c2ccccc2F)C1. The molecule has 1 N–H and O–H groups in total. The number of piperidine rings is 1. The molecule has 2 atom stereocenters. The van der Waals surface area contributed by atoms with E-state index in [4.69, 9.17) is 0 Å². The summed E-state index contributed by atoms with van der Waals surface area (Å²) < 4.78 is 28.5. The highest BCUT2D eigenvalue weighted by atomic mass is 19.1. The van der Waals surface area contributed by atoms with Crippen LogP contribution in [0.5, 0.6) is 0 Å². The highest BCUT2D eigenvalue weighted by Gasteiger charge is 2.45. The van der Waals surface area contributed by atoms with Crippen LogP contribution in [0.3, 0.4) is 0 Å². The Bertz CT molecular complexity index is 676. The number of hydrogen-bond acceptors (Lipinski definition) is 2. The maximum absolute atomic E-state index is 14.2. The van der Waals surface area contributed by atoms with Gasteiger partial charge in [0.15, 0.2) is 0 Å². The van der Waals surface area contributed by atoms with Crippen LogP contribution in [0, 0.1) is 11.6 Å². The van der Waals surface area contributed by atoms with Gasteiger partial charge in [0.25, 0.3) is 0 Å². The number of likely N-dealkylation sites (N-methyl/N-ethyl adjacent to an activating group) is 1. The standard InChI is InChI=1S/C18H19F2NO/c1-21-11-10-18(22,14-7-3-5-9-17(14)20)15(12-21)13-6-2-4-8-16(13)19/h2-9,15,22H,10-12H2,1H3/t15-,18-/m1/s1. The van der Waals surface area contributed by atoms with Gasteiger partial charge in [0.05, 0.1) is 0 Å². The minimum atomic E-state index is -1.40. The second kappa shape index (κ2) is 5.78. The van der Waals surface area contributed by atoms with E-state index in [1.54, 1.807) is 36.4 Å². The van der Waals surface area contributed by atoms with E-state index in [2.05, 4.69) is 0 Å². The Labute approximate surface area is 129 Å². The number of benzene rings is 2. The van der Waals surface area contributed by atoms with Crippen molar-refractivity contribution in [2.45, 2.75) is 17.9 Å². The van der Waals surface area contributed by atoms with Crippen LogP contribution in [0.4, 0.5) is 8.78 Å². The molecule has 22 heavy (non-hydrogen) atoms. The molecule has 1 aliphatic rings. The normalized spacial score (nSPS) is 26.1. The first kappa shape index (κ1) is 15.1. The molecule has 0 bridgehead atoms. The average molecular weight is 303 g/mol. The molecule has 1 saturated heterocycles. The molecular weight excluding hydrogens is 284 g/mol. The minimum Gasteiger partial charge on any atom is -0.384 e. The first-order chi connectivity index (χ1) is 10.5. The van der Waals surface area contributed by atoms with Crippen molar-refractivity contribution < 1.29 is 13.9 Å². The fourth-order valence-electron chi connectivity index (χ4n) is 3.34. The van der Waals surface area contributed by atoms with Crippen LogP contribution in [0.15, 0.2) is 48.5 Å². The topological polar surface area (TPSA) is 23.5 Å². The van der Waals surface area contributed by atoms with Crippen LogP contribution >= 0.6 is 0 Å². The molecule has 2 aromatic carbocycles. The molecule has 4 heteroatoms. The average Bonchev–Trinajstić information content (AvgIpc) is 2.51. The van der Waals surface area contributed by atoms with Gasteiger partial charge in [-0.05, 0) is 31.2 Å². The summed E-state index contributed by atoms with van der Waals surface area (Å²) in [6, 6.07) is 12.6. The number of rotatable bonds is 2. The van der Waals surface area contributed by atoms with E-state index in [-0.39, 0.29) is 11.4 Å². The fourth-order valence-corrected chi connectivity index (χ4v) is 3.34. The molecule has 0 aromatic heterocycles. The summed E-state index contributed by atoms with van der Waals surface area (Å²) in [5.74, 6) is -1.32. The Morgan fingerprint density at radius 1 is 1.05 bits per heavy atom. The van der Waals surface area contributed by atoms with Crippen LogP contribution in [-0.2, 0) is 5.60 Å². The Morgan fingerprint density at radius 2 is 1.68 bits per heavy atom. The lowest BCUT2D eigenvalue weighted by atomic mass is 9.72. The maximum atomic E-state index is 14.2. The highest BCUT2D eigenvalue weighted by molar-refractivity contribution is 5.34. The summed E-state index contributed by atoms with van der Waals surface area (Å²) in [6.45, 7) is 1.11. The van der Waals surface area contributed by atoms with E-state index in [1.165, 1.54) is 12.1 Å². The van der Waals surface area contributed by atoms with Crippen LogP contribution in [0.1, 0.15) is 23.5 Å². The lowest BCUT2D eigenvalue weighted by molar-refractivity contribution is -0.0453. The van der Waals surface area contributed by atoms with Gasteiger partial charge < -0.3 is 10.0 Å². The Balaban J connectivity index is 2.12. The first-order valence-corrected chi connectivity index (χ1v) is 7.43. The van der Waals surface area contributed by atoms with Crippen molar-refractivity contribution in [3.63, 3.8) is 0 Å². The summed E-state index contributed by atoms with van der Waals surface area (Å²) in [5, 5.41) is 11.2. The lowest BCUT2D eigenvalue weighted by Crippen LogP contribution is -2.48. The number of nitrogens with zero attached hydrogens (tertiary/aromatic N) is 1. The number of aliphatic hydroxyl groups is 1. The minimum absolute atomic E-state index is 0.247. The fraction of sp³-hybridized carbons (Fsp3) is 0.333. The van der Waals surface area contributed by atoms with Crippen molar-refractivity contribution >= 4 is 0 Å². The van der Waals surface area contributed by atoms with Gasteiger partial charge in [0, 0.05) is 24.6 Å². The van der Waals surface area contributed by atoms with Gasteiger partial charge in [-0.2, -0.15) is 0 Å². The van der Waals surface area contributed by atoms with Gasteiger partial charge in [-0.25, -0.2) is 8.78 Å². The molecule has 0 amide bonds. The van der Waals surface area contributed by atoms with Gasteiger partial charge in [-0.15, -0.1) is 0 Å². The van der Waals surface area contributed by atoms with Crippen LogP contribution in [0.2, 0.25) is 0 Å². The second-order valence-electron chi connectivity index (χ2n) is 5.99. The lowest BCUT2D eigenvalue weighted by Gasteiger charge is -2.44. The van der Waals surface area contributed by atoms with Gasteiger partial charge in [0.1, 0.15) is 17.2 Å². The van der Waals surface area contributed by atoms with Gasteiger partial charge in [-0.1, -0.05) is 36.4 Å². The Hall–Kier alpha value is -1.78. The maximum Gasteiger partial charge on any atom is 0.129 e. The van der Waals surface area contributed by atoms with E-state index in [0.29, 0.717) is 25.1 Å². The Morgan fingerprint density at radius 3 is 2.36 bits per heavy atom. The van der Waals surface area contributed by atoms with Gasteiger partial charge >= 0.3 is 0 Å². The molecule has 3 rings (SSSR count). The number of halogens is 2. The molecule has 2 nitrogen and oxygen atoms in total. The van der Waals surface area contributed by atoms with Crippen molar-refractivity contribution in [3.8, 4) is 0 Å². The molecule has 0 unspecified atom stereocenters. The highest BCUT2D eigenvalue weighted by Crippen LogP contribution is 2.44. The molecule has 2 aromatic rings. The zero-order valence-corrected chi connectivity index (χ0v) is 12.5. The van der Waals surface area contributed by atoms with Crippen molar-refractivity contribution in [1.82, 2.24) is 4.90 Å². The molecule has 0 saturated carbocycles. The monoisotopic (exact) mass is 303 g/mol. The third-order valence-corrected chi connectivity index (χ3v) is 4.57. The Kier molecular flexibility index (Phi) is 3.98. The summed E-state index contributed by atoms with van der Waals surface area (Å²) in [6.07, 6.45) is 0.365. The molecular formula is C18H19F2NO. The van der Waals surface area contributed by atoms with E-state index in [9.17, 15) is 13.9 Å². The van der Waals surface area contributed by atoms with Gasteiger partial charge in [0.2, 0.25) is 0 Å². The predicted octanol–water partition coefficient (Wildman–Crippen LogP) is 3.27. The van der Waals surface area contributed by atoms with E-state index < -0.39 is 17.3 Å². The third-order valence-electron chi connectivity index (χ3n) is 4.57. The molecule has 0 radical (unpaired) electrons. The zero-order valence-electron chi connectivity index (χ0n) is 12.5. The van der Waals surface area contributed by atoms with Crippen LogP contribution in [-0.4, -0.2) is 30.1 Å². The smallest absolute Gasteiger partial charge is 0.129 e.